The number of thiol groups is 1. The normalized spacial score (nSPS) is 10.7. The Labute approximate surface area is 63.8 Å². The van der Waals surface area contributed by atoms with Crippen molar-refractivity contribution >= 4 is 12.6 Å². The molecule has 0 unspecified atom stereocenters. The smallest absolute Gasteiger partial charge is 0.0146 e. The average Bonchev–Trinajstić information content (AvgIpc) is 1.91. The second kappa shape index (κ2) is 6.43. The van der Waals surface area contributed by atoms with Crippen LogP contribution in [0.1, 0.15) is 20.3 Å². The van der Waals surface area contributed by atoms with Crippen LogP contribution >= 0.6 is 12.6 Å². The molecule has 0 aromatic carbocycles. The summed E-state index contributed by atoms with van der Waals surface area (Å²) < 4.78 is 0. The molecule has 0 aliphatic carbocycles. The Hall–Kier alpha value is 0.310. The fourth-order valence-corrected chi connectivity index (χ4v) is 0.896. The van der Waals surface area contributed by atoms with Crippen molar-refractivity contribution in [2.45, 2.75) is 20.3 Å². The van der Waals surface area contributed by atoms with Gasteiger partial charge in [-0.3, -0.25) is 0 Å². The molecule has 0 N–H and O–H groups in total. The summed E-state index contributed by atoms with van der Waals surface area (Å²) in [7, 11) is 0. The summed E-state index contributed by atoms with van der Waals surface area (Å²) >= 11 is 4.02. The predicted octanol–water partition coefficient (Wildman–Crippen LogP) is 1.81. The van der Waals surface area contributed by atoms with E-state index in [4.69, 9.17) is 0 Å². The van der Waals surface area contributed by atoms with Crippen molar-refractivity contribution in [1.82, 2.24) is 4.90 Å². The first-order valence-corrected chi connectivity index (χ1v) is 4.05. The molecule has 2 heteroatoms. The molecule has 1 nitrogen and oxygen atoms in total. The van der Waals surface area contributed by atoms with Gasteiger partial charge in [-0.25, -0.2) is 0 Å². The SMILES string of the molecule is CCN(CC)CC[CH]S. The number of rotatable bonds is 5. The highest BCUT2D eigenvalue weighted by atomic mass is 32.1. The summed E-state index contributed by atoms with van der Waals surface area (Å²) in [5.74, 6) is 1.92. The van der Waals surface area contributed by atoms with E-state index in [-0.39, 0.29) is 0 Å². The molecule has 9 heavy (non-hydrogen) atoms. The van der Waals surface area contributed by atoms with Crippen LogP contribution in [0.15, 0.2) is 0 Å². The zero-order valence-electron chi connectivity index (χ0n) is 6.30. The van der Waals surface area contributed by atoms with Gasteiger partial charge < -0.3 is 4.90 Å². The van der Waals surface area contributed by atoms with Crippen molar-refractivity contribution in [3.8, 4) is 0 Å². The zero-order chi connectivity index (χ0) is 7.11. The van der Waals surface area contributed by atoms with Gasteiger partial charge in [0, 0.05) is 5.75 Å². The Morgan fingerprint density at radius 3 is 2.22 bits per heavy atom. The van der Waals surface area contributed by atoms with Crippen LogP contribution < -0.4 is 0 Å². The molecule has 55 valence electrons. The van der Waals surface area contributed by atoms with Gasteiger partial charge in [-0.05, 0) is 26.1 Å². The van der Waals surface area contributed by atoms with E-state index in [0.717, 1.165) is 26.1 Å². The molecule has 0 amide bonds. The summed E-state index contributed by atoms with van der Waals surface area (Å²) in [6, 6.07) is 0. The average molecular weight is 146 g/mol. The summed E-state index contributed by atoms with van der Waals surface area (Å²) in [6.45, 7) is 7.82. The van der Waals surface area contributed by atoms with E-state index in [2.05, 4.69) is 31.4 Å². The van der Waals surface area contributed by atoms with Crippen molar-refractivity contribution in [2.24, 2.45) is 0 Å². The minimum Gasteiger partial charge on any atom is -0.304 e. The molecule has 0 aromatic heterocycles. The lowest BCUT2D eigenvalue weighted by atomic mass is 10.4. The second-order valence-corrected chi connectivity index (χ2v) is 2.36. The van der Waals surface area contributed by atoms with E-state index in [1.165, 1.54) is 0 Å². The lowest BCUT2D eigenvalue weighted by Crippen LogP contribution is -2.23. The topological polar surface area (TPSA) is 3.24 Å². The molecule has 0 saturated carbocycles. The Balaban J connectivity index is 3.09. The van der Waals surface area contributed by atoms with Crippen LogP contribution in [0.4, 0.5) is 0 Å². The summed E-state index contributed by atoms with van der Waals surface area (Å²) in [4.78, 5) is 2.38. The zero-order valence-corrected chi connectivity index (χ0v) is 7.19. The van der Waals surface area contributed by atoms with Gasteiger partial charge in [0.25, 0.3) is 0 Å². The minimum atomic E-state index is 1.09. The van der Waals surface area contributed by atoms with E-state index < -0.39 is 0 Å². The maximum Gasteiger partial charge on any atom is 0.0146 e. The van der Waals surface area contributed by atoms with Crippen LogP contribution in [0.2, 0.25) is 0 Å². The molecular weight excluding hydrogens is 130 g/mol. The first-order chi connectivity index (χ1) is 4.35. The molecule has 0 bridgehead atoms. The number of hydrogen-bond acceptors (Lipinski definition) is 2. The van der Waals surface area contributed by atoms with Crippen LogP contribution in [0.5, 0.6) is 0 Å². The van der Waals surface area contributed by atoms with Gasteiger partial charge in [0.15, 0.2) is 0 Å². The van der Waals surface area contributed by atoms with E-state index in [1.807, 2.05) is 5.75 Å². The standard InChI is InChI=1S/C7H16NS/c1-3-8(4-2)6-5-7-9/h7,9H,3-6H2,1-2H3. The lowest BCUT2D eigenvalue weighted by molar-refractivity contribution is 0.309. The highest BCUT2D eigenvalue weighted by Crippen LogP contribution is 1.95. The lowest BCUT2D eigenvalue weighted by Gasteiger charge is -2.16. The Bertz CT molecular complexity index is 52.9. The molecule has 0 aliphatic rings. The first kappa shape index (κ1) is 9.31. The van der Waals surface area contributed by atoms with Crippen LogP contribution in [0.25, 0.3) is 0 Å². The molecule has 1 radical (unpaired) electrons. The fourth-order valence-electron chi connectivity index (χ4n) is 0.780. The van der Waals surface area contributed by atoms with E-state index in [0.29, 0.717) is 0 Å². The van der Waals surface area contributed by atoms with Crippen LogP contribution in [-0.2, 0) is 0 Å². The van der Waals surface area contributed by atoms with E-state index >= 15 is 0 Å². The second-order valence-electron chi connectivity index (χ2n) is 2.00. The third-order valence-electron chi connectivity index (χ3n) is 1.47. The van der Waals surface area contributed by atoms with Crippen molar-refractivity contribution < 1.29 is 0 Å². The van der Waals surface area contributed by atoms with Crippen molar-refractivity contribution in [2.75, 3.05) is 19.6 Å². The van der Waals surface area contributed by atoms with Crippen molar-refractivity contribution in [3.63, 3.8) is 0 Å². The van der Waals surface area contributed by atoms with Gasteiger partial charge in [0.1, 0.15) is 0 Å². The minimum absolute atomic E-state index is 1.09. The summed E-state index contributed by atoms with van der Waals surface area (Å²) in [6.07, 6.45) is 1.09. The molecule has 0 aromatic rings. The molecular formula is C7H16NS. The summed E-state index contributed by atoms with van der Waals surface area (Å²) in [5, 5.41) is 0. The molecule has 0 atom stereocenters. The van der Waals surface area contributed by atoms with E-state index in [9.17, 15) is 0 Å². The third kappa shape index (κ3) is 4.79. The monoisotopic (exact) mass is 146 g/mol. The van der Waals surface area contributed by atoms with Crippen LogP contribution in [0, 0.1) is 5.75 Å². The third-order valence-corrected chi connectivity index (χ3v) is 1.73. The summed E-state index contributed by atoms with van der Waals surface area (Å²) in [5.41, 5.74) is 0. The fraction of sp³-hybridized carbons (Fsp3) is 0.857. The van der Waals surface area contributed by atoms with Crippen LogP contribution in [-0.4, -0.2) is 24.5 Å². The maximum absolute atomic E-state index is 4.02. The first-order valence-electron chi connectivity index (χ1n) is 3.53. The molecule has 0 aliphatic heterocycles. The van der Waals surface area contributed by atoms with Crippen molar-refractivity contribution in [1.29, 1.82) is 0 Å². The Morgan fingerprint density at radius 1 is 1.33 bits per heavy atom. The molecule has 0 rings (SSSR count). The number of nitrogens with zero attached hydrogens (tertiary/aromatic N) is 1. The highest BCUT2D eigenvalue weighted by Gasteiger charge is 1.95. The molecule has 0 fully saturated rings. The molecule has 0 heterocycles. The highest BCUT2D eigenvalue weighted by molar-refractivity contribution is 7.82. The predicted molar refractivity (Wildman–Crippen MR) is 45.7 cm³/mol. The quantitative estimate of drug-likeness (QED) is 0.579. The van der Waals surface area contributed by atoms with Gasteiger partial charge in [0.05, 0.1) is 0 Å². The maximum atomic E-state index is 4.02. The largest absolute Gasteiger partial charge is 0.304 e. The van der Waals surface area contributed by atoms with Crippen LogP contribution in [0.3, 0.4) is 0 Å². The van der Waals surface area contributed by atoms with Gasteiger partial charge in [-0.15, -0.1) is 0 Å². The van der Waals surface area contributed by atoms with Gasteiger partial charge in [-0.1, -0.05) is 13.8 Å². The molecule has 0 saturated heterocycles. The van der Waals surface area contributed by atoms with E-state index in [1.54, 1.807) is 0 Å². The van der Waals surface area contributed by atoms with Crippen molar-refractivity contribution in [3.05, 3.63) is 5.75 Å². The Morgan fingerprint density at radius 2 is 1.89 bits per heavy atom. The van der Waals surface area contributed by atoms with Gasteiger partial charge in [0.2, 0.25) is 0 Å². The molecule has 0 spiro atoms. The number of hydrogen-bond donors (Lipinski definition) is 1. The Kier molecular flexibility index (Phi) is 6.65. The van der Waals surface area contributed by atoms with Gasteiger partial charge in [-0.2, -0.15) is 12.6 Å². The van der Waals surface area contributed by atoms with Gasteiger partial charge >= 0.3 is 0 Å².